The van der Waals surface area contributed by atoms with Crippen molar-refractivity contribution in [1.82, 2.24) is 9.88 Å². The van der Waals surface area contributed by atoms with E-state index in [1.54, 1.807) is 30.3 Å². The number of urea groups is 1. The minimum Gasteiger partial charge on any atom is -0.347 e. The molecule has 5 nitrogen and oxygen atoms in total. The number of halogens is 1. The third-order valence-corrected chi connectivity index (χ3v) is 4.64. The van der Waals surface area contributed by atoms with Crippen LogP contribution in [0.1, 0.15) is 12.5 Å². The van der Waals surface area contributed by atoms with E-state index in [0.717, 1.165) is 27.9 Å². The number of imide groups is 1. The molecular weight excluding hydrogens is 350 g/mol. The molecule has 0 atom stereocenters. The van der Waals surface area contributed by atoms with E-state index in [1.807, 2.05) is 30.5 Å². The van der Waals surface area contributed by atoms with Gasteiger partial charge in [-0.25, -0.2) is 9.69 Å². The highest BCUT2D eigenvalue weighted by atomic mass is 35.5. The van der Waals surface area contributed by atoms with Gasteiger partial charge in [-0.3, -0.25) is 4.79 Å². The van der Waals surface area contributed by atoms with Crippen molar-refractivity contribution in [3.8, 4) is 0 Å². The van der Waals surface area contributed by atoms with E-state index in [2.05, 4.69) is 16.8 Å². The number of hydrogen-bond acceptors (Lipinski definition) is 2. The number of benzene rings is 2. The maximum Gasteiger partial charge on any atom is 0.333 e. The highest BCUT2D eigenvalue weighted by Gasteiger charge is 2.35. The quantitative estimate of drug-likeness (QED) is 0.552. The smallest absolute Gasteiger partial charge is 0.333 e. The first-order chi connectivity index (χ1) is 12.6. The predicted octanol–water partition coefficient (Wildman–Crippen LogP) is 4.41. The summed E-state index contributed by atoms with van der Waals surface area (Å²) in [6.45, 7) is 2.88. The number of hydrogen-bond donors (Lipinski definition) is 1. The zero-order chi connectivity index (χ0) is 18.3. The van der Waals surface area contributed by atoms with Gasteiger partial charge in [0.15, 0.2) is 0 Å². The molecule has 130 valence electrons. The monoisotopic (exact) mass is 365 g/mol. The first-order valence-corrected chi connectivity index (χ1v) is 8.67. The lowest BCUT2D eigenvalue weighted by Gasteiger charge is -2.11. The van der Waals surface area contributed by atoms with Crippen LogP contribution in [0, 0.1) is 0 Å². The lowest BCUT2D eigenvalue weighted by molar-refractivity contribution is -0.113. The summed E-state index contributed by atoms with van der Waals surface area (Å²) in [5, 5.41) is 4.16. The molecule has 4 rings (SSSR count). The van der Waals surface area contributed by atoms with Crippen LogP contribution in [0.2, 0.25) is 5.02 Å². The minimum absolute atomic E-state index is 0.244. The van der Waals surface area contributed by atoms with Crippen molar-refractivity contribution in [1.29, 1.82) is 0 Å². The average Bonchev–Trinajstić information content (AvgIpc) is 3.13. The number of anilines is 1. The van der Waals surface area contributed by atoms with Gasteiger partial charge in [-0.05, 0) is 37.3 Å². The summed E-state index contributed by atoms with van der Waals surface area (Å²) in [6.07, 6.45) is 3.71. The first-order valence-electron chi connectivity index (χ1n) is 8.29. The fourth-order valence-electron chi connectivity index (χ4n) is 3.19. The van der Waals surface area contributed by atoms with Gasteiger partial charge in [0.25, 0.3) is 5.91 Å². The van der Waals surface area contributed by atoms with Gasteiger partial charge in [-0.1, -0.05) is 35.9 Å². The summed E-state index contributed by atoms with van der Waals surface area (Å²) in [5.41, 5.74) is 2.66. The Morgan fingerprint density at radius 1 is 1.12 bits per heavy atom. The van der Waals surface area contributed by atoms with Gasteiger partial charge in [0.05, 0.1) is 5.69 Å². The Morgan fingerprint density at radius 3 is 2.69 bits per heavy atom. The highest BCUT2D eigenvalue weighted by molar-refractivity contribution is 6.32. The van der Waals surface area contributed by atoms with Gasteiger partial charge >= 0.3 is 6.03 Å². The molecule has 26 heavy (non-hydrogen) atoms. The SMILES string of the molecule is CCn1cc(/C=C2\NC(=O)N(c3cccc(Cl)c3)C2=O)c2ccccc21. The predicted molar refractivity (Wildman–Crippen MR) is 103 cm³/mol. The van der Waals surface area contributed by atoms with Crippen molar-refractivity contribution in [3.63, 3.8) is 0 Å². The summed E-state index contributed by atoms with van der Waals surface area (Å²) in [6, 6.07) is 14.2. The standard InChI is InChI=1S/C20H16ClN3O2/c1-2-23-12-13(16-8-3-4-9-18(16)23)10-17-19(25)24(20(26)22-17)15-7-5-6-14(21)11-15/h3-12H,2H2,1H3,(H,22,26)/b17-10-. The van der Waals surface area contributed by atoms with E-state index < -0.39 is 11.9 Å². The van der Waals surface area contributed by atoms with Crippen LogP contribution >= 0.6 is 11.6 Å². The summed E-state index contributed by atoms with van der Waals surface area (Å²) in [7, 11) is 0. The van der Waals surface area contributed by atoms with E-state index in [0.29, 0.717) is 10.7 Å². The molecule has 2 aromatic carbocycles. The van der Waals surface area contributed by atoms with E-state index in [9.17, 15) is 9.59 Å². The van der Waals surface area contributed by atoms with Gasteiger partial charge in [0.1, 0.15) is 5.70 Å². The fourth-order valence-corrected chi connectivity index (χ4v) is 3.38. The number of aryl methyl sites for hydroxylation is 1. The van der Waals surface area contributed by atoms with Crippen LogP contribution in [0.15, 0.2) is 60.4 Å². The van der Waals surface area contributed by atoms with Crippen LogP contribution in [0.4, 0.5) is 10.5 Å². The molecule has 2 heterocycles. The second-order valence-electron chi connectivity index (χ2n) is 6.00. The number of nitrogens with one attached hydrogen (secondary N) is 1. The van der Waals surface area contributed by atoms with E-state index in [1.165, 1.54) is 0 Å². The molecule has 0 spiro atoms. The molecule has 1 aliphatic rings. The highest BCUT2D eigenvalue weighted by Crippen LogP contribution is 2.27. The maximum atomic E-state index is 12.8. The summed E-state index contributed by atoms with van der Waals surface area (Å²) in [4.78, 5) is 26.2. The maximum absolute atomic E-state index is 12.8. The van der Waals surface area contributed by atoms with Crippen molar-refractivity contribution >= 4 is 46.2 Å². The third-order valence-electron chi connectivity index (χ3n) is 4.40. The van der Waals surface area contributed by atoms with Gasteiger partial charge < -0.3 is 9.88 Å². The number of rotatable bonds is 3. The Hall–Kier alpha value is -3.05. The number of nitrogens with zero attached hydrogens (tertiary/aromatic N) is 2. The van der Waals surface area contributed by atoms with Gasteiger partial charge in [0.2, 0.25) is 0 Å². The van der Waals surface area contributed by atoms with Crippen molar-refractivity contribution in [3.05, 3.63) is 71.0 Å². The van der Waals surface area contributed by atoms with Crippen molar-refractivity contribution < 1.29 is 9.59 Å². The molecule has 1 aliphatic heterocycles. The molecule has 0 radical (unpaired) electrons. The molecule has 1 fully saturated rings. The second kappa shape index (κ2) is 6.35. The van der Waals surface area contributed by atoms with Crippen LogP contribution in [0.3, 0.4) is 0 Å². The molecule has 1 saturated heterocycles. The number of amides is 3. The molecule has 3 amide bonds. The van der Waals surface area contributed by atoms with Crippen molar-refractivity contribution in [2.45, 2.75) is 13.5 Å². The van der Waals surface area contributed by atoms with Crippen molar-refractivity contribution in [2.75, 3.05) is 4.90 Å². The molecular formula is C20H16ClN3O2. The van der Waals surface area contributed by atoms with Gasteiger partial charge in [0, 0.05) is 34.2 Å². The van der Waals surface area contributed by atoms with Gasteiger partial charge in [-0.15, -0.1) is 0 Å². The second-order valence-corrected chi connectivity index (χ2v) is 6.43. The van der Waals surface area contributed by atoms with Crippen LogP contribution in [0.25, 0.3) is 17.0 Å². The summed E-state index contributed by atoms with van der Waals surface area (Å²) < 4.78 is 2.11. The van der Waals surface area contributed by atoms with Crippen LogP contribution in [-0.4, -0.2) is 16.5 Å². The number of carbonyl (C=O) groups excluding carboxylic acids is 2. The minimum atomic E-state index is -0.484. The average molecular weight is 366 g/mol. The fraction of sp³-hybridized carbons (Fsp3) is 0.100. The number of aromatic nitrogens is 1. The lowest BCUT2D eigenvalue weighted by atomic mass is 10.1. The van der Waals surface area contributed by atoms with E-state index >= 15 is 0 Å². The van der Waals surface area contributed by atoms with Crippen LogP contribution < -0.4 is 10.2 Å². The van der Waals surface area contributed by atoms with Gasteiger partial charge in [-0.2, -0.15) is 0 Å². The summed E-state index contributed by atoms with van der Waals surface area (Å²) in [5.74, 6) is -0.398. The Labute approximate surface area is 155 Å². The Bertz CT molecular complexity index is 1070. The van der Waals surface area contributed by atoms with Crippen molar-refractivity contribution in [2.24, 2.45) is 0 Å². The molecule has 0 bridgehead atoms. The Morgan fingerprint density at radius 2 is 1.92 bits per heavy atom. The first kappa shape index (κ1) is 16.4. The Balaban J connectivity index is 1.76. The normalized spacial score (nSPS) is 15.9. The topological polar surface area (TPSA) is 54.3 Å². The molecule has 0 saturated carbocycles. The zero-order valence-corrected chi connectivity index (χ0v) is 14.8. The molecule has 1 aromatic heterocycles. The number of fused-ring (bicyclic) bond motifs is 1. The molecule has 0 unspecified atom stereocenters. The lowest BCUT2D eigenvalue weighted by Crippen LogP contribution is -2.30. The number of para-hydroxylation sites is 1. The molecule has 1 N–H and O–H groups in total. The zero-order valence-electron chi connectivity index (χ0n) is 14.1. The molecule has 0 aliphatic carbocycles. The van der Waals surface area contributed by atoms with E-state index in [-0.39, 0.29) is 5.70 Å². The largest absolute Gasteiger partial charge is 0.347 e. The molecule has 6 heteroatoms. The van der Waals surface area contributed by atoms with E-state index in [4.69, 9.17) is 11.6 Å². The molecule has 3 aromatic rings. The number of carbonyl (C=O) groups is 2. The van der Waals surface area contributed by atoms with Crippen LogP contribution in [0.5, 0.6) is 0 Å². The third kappa shape index (κ3) is 2.66. The Kier molecular flexibility index (Phi) is 4.01. The van der Waals surface area contributed by atoms with Crippen LogP contribution in [-0.2, 0) is 11.3 Å². The summed E-state index contributed by atoms with van der Waals surface area (Å²) >= 11 is 5.98.